The monoisotopic (exact) mass is 414 g/mol. The molecule has 0 bridgehead atoms. The van der Waals surface area contributed by atoms with Crippen molar-refractivity contribution in [1.29, 1.82) is 0 Å². The molecule has 2 aliphatic rings. The first-order chi connectivity index (χ1) is 12.9. The van der Waals surface area contributed by atoms with Gasteiger partial charge in [-0.15, -0.1) is 0 Å². The van der Waals surface area contributed by atoms with Crippen LogP contribution in [0.15, 0.2) is 18.2 Å². The zero-order chi connectivity index (χ0) is 19.4. The van der Waals surface area contributed by atoms with Gasteiger partial charge in [0.1, 0.15) is 17.9 Å². The van der Waals surface area contributed by atoms with Gasteiger partial charge >= 0.3 is 5.97 Å². The van der Waals surface area contributed by atoms with Crippen LogP contribution in [-0.4, -0.2) is 65.7 Å². The minimum Gasteiger partial charge on any atom is -0.489 e. The number of benzene rings is 1. The van der Waals surface area contributed by atoms with Crippen molar-refractivity contribution >= 4 is 29.2 Å². The van der Waals surface area contributed by atoms with Gasteiger partial charge < -0.3 is 14.7 Å². The number of hydrogen-bond donors (Lipinski definition) is 1. The maximum atomic E-state index is 11.1. The first kappa shape index (κ1) is 20.7. The SMILES string of the molecule is CC(C(=O)O)N1CCC(CN2CCC(Oc3ccc(Cl)cc3Cl)CC2)CC1. The van der Waals surface area contributed by atoms with Gasteiger partial charge in [0.05, 0.1) is 5.02 Å². The third kappa shape index (κ3) is 5.74. The zero-order valence-corrected chi connectivity index (χ0v) is 17.3. The molecule has 3 rings (SSSR count). The smallest absolute Gasteiger partial charge is 0.320 e. The Morgan fingerprint density at radius 2 is 1.85 bits per heavy atom. The van der Waals surface area contributed by atoms with Gasteiger partial charge in [0.15, 0.2) is 0 Å². The molecule has 0 amide bonds. The Morgan fingerprint density at radius 1 is 1.19 bits per heavy atom. The molecule has 1 aromatic carbocycles. The zero-order valence-electron chi connectivity index (χ0n) is 15.7. The van der Waals surface area contributed by atoms with Crippen LogP contribution in [0.25, 0.3) is 0 Å². The Bertz CT molecular complexity index is 642. The number of halogens is 2. The molecule has 0 radical (unpaired) electrons. The Balaban J connectivity index is 1.39. The number of aliphatic carboxylic acids is 1. The summed E-state index contributed by atoms with van der Waals surface area (Å²) < 4.78 is 6.06. The van der Waals surface area contributed by atoms with Crippen molar-refractivity contribution in [3.63, 3.8) is 0 Å². The second-order valence-corrected chi connectivity index (χ2v) is 8.53. The summed E-state index contributed by atoms with van der Waals surface area (Å²) in [5.41, 5.74) is 0. The second-order valence-electron chi connectivity index (χ2n) is 7.69. The highest BCUT2D eigenvalue weighted by Crippen LogP contribution is 2.30. The van der Waals surface area contributed by atoms with Gasteiger partial charge in [-0.2, -0.15) is 0 Å². The summed E-state index contributed by atoms with van der Waals surface area (Å²) in [6.45, 7) is 6.70. The first-order valence-electron chi connectivity index (χ1n) is 9.73. The highest BCUT2D eigenvalue weighted by molar-refractivity contribution is 6.35. The molecule has 27 heavy (non-hydrogen) atoms. The number of likely N-dealkylation sites (tertiary alicyclic amines) is 2. The number of nitrogens with zero attached hydrogens (tertiary/aromatic N) is 2. The molecule has 1 N–H and O–H groups in total. The Kier molecular flexibility index (Phi) is 7.26. The van der Waals surface area contributed by atoms with Gasteiger partial charge in [0.25, 0.3) is 0 Å². The molecule has 0 aromatic heterocycles. The van der Waals surface area contributed by atoms with Crippen LogP contribution >= 0.6 is 23.2 Å². The molecule has 7 heteroatoms. The molecule has 0 aliphatic carbocycles. The molecular weight excluding hydrogens is 387 g/mol. The molecule has 1 aromatic rings. The molecule has 150 valence electrons. The fraction of sp³-hybridized carbons (Fsp3) is 0.650. The van der Waals surface area contributed by atoms with E-state index in [1.807, 2.05) is 6.07 Å². The summed E-state index contributed by atoms with van der Waals surface area (Å²) >= 11 is 12.1. The first-order valence-corrected chi connectivity index (χ1v) is 10.5. The van der Waals surface area contributed by atoms with Crippen LogP contribution in [-0.2, 0) is 4.79 Å². The van der Waals surface area contributed by atoms with Crippen LogP contribution < -0.4 is 4.74 Å². The average Bonchev–Trinajstić information content (AvgIpc) is 2.65. The van der Waals surface area contributed by atoms with Gasteiger partial charge in [-0.1, -0.05) is 23.2 Å². The summed E-state index contributed by atoms with van der Waals surface area (Å²) in [5, 5.41) is 10.3. The fourth-order valence-corrected chi connectivity index (χ4v) is 4.46. The molecule has 2 heterocycles. The topological polar surface area (TPSA) is 53.0 Å². The lowest BCUT2D eigenvalue weighted by Gasteiger charge is -2.38. The van der Waals surface area contributed by atoms with Crippen molar-refractivity contribution in [1.82, 2.24) is 9.80 Å². The summed E-state index contributed by atoms with van der Waals surface area (Å²) in [6.07, 6.45) is 4.34. The predicted octanol–water partition coefficient (Wildman–Crippen LogP) is 4.02. The molecule has 0 saturated carbocycles. The van der Waals surface area contributed by atoms with E-state index in [1.54, 1.807) is 19.1 Å². The minimum atomic E-state index is -0.726. The molecule has 2 saturated heterocycles. The highest BCUT2D eigenvalue weighted by atomic mass is 35.5. The average molecular weight is 415 g/mol. The Hall–Kier alpha value is -1.01. The van der Waals surface area contributed by atoms with Crippen molar-refractivity contribution < 1.29 is 14.6 Å². The van der Waals surface area contributed by atoms with E-state index in [0.29, 0.717) is 21.7 Å². The molecule has 0 spiro atoms. The van der Waals surface area contributed by atoms with Crippen molar-refractivity contribution in [2.75, 3.05) is 32.7 Å². The Morgan fingerprint density at radius 3 is 2.44 bits per heavy atom. The molecule has 2 fully saturated rings. The van der Waals surface area contributed by atoms with Crippen LogP contribution in [0, 0.1) is 5.92 Å². The van der Waals surface area contributed by atoms with E-state index in [1.165, 1.54) is 0 Å². The van der Waals surface area contributed by atoms with E-state index in [9.17, 15) is 4.79 Å². The largest absolute Gasteiger partial charge is 0.489 e. The molecule has 2 aliphatic heterocycles. The lowest BCUT2D eigenvalue weighted by molar-refractivity contribution is -0.143. The number of carboxylic acids is 1. The minimum absolute atomic E-state index is 0.193. The van der Waals surface area contributed by atoms with Crippen LogP contribution in [0.1, 0.15) is 32.6 Å². The summed E-state index contributed by atoms with van der Waals surface area (Å²) in [6, 6.07) is 4.97. The van der Waals surface area contributed by atoms with Gasteiger partial charge in [-0.3, -0.25) is 9.69 Å². The summed E-state index contributed by atoms with van der Waals surface area (Å²) in [5.74, 6) is 0.640. The Labute approximate surface area is 171 Å². The van der Waals surface area contributed by atoms with E-state index < -0.39 is 5.97 Å². The van der Waals surface area contributed by atoms with Gasteiger partial charge in [-0.05, 0) is 69.8 Å². The third-order valence-electron chi connectivity index (χ3n) is 5.79. The molecular formula is C20H28Cl2N2O3. The molecule has 5 nitrogen and oxygen atoms in total. The van der Waals surface area contributed by atoms with Crippen molar-refractivity contribution in [2.24, 2.45) is 5.92 Å². The predicted molar refractivity (Wildman–Crippen MR) is 108 cm³/mol. The second kappa shape index (κ2) is 9.46. The van der Waals surface area contributed by atoms with Gasteiger partial charge in [0.2, 0.25) is 0 Å². The van der Waals surface area contributed by atoms with Crippen molar-refractivity contribution in [2.45, 2.75) is 44.8 Å². The highest BCUT2D eigenvalue weighted by Gasteiger charge is 2.28. The van der Waals surface area contributed by atoms with Gasteiger partial charge in [0, 0.05) is 24.7 Å². The van der Waals surface area contributed by atoms with Crippen molar-refractivity contribution in [3.8, 4) is 5.75 Å². The lowest BCUT2D eigenvalue weighted by atomic mass is 9.94. The maximum absolute atomic E-state index is 11.1. The molecule has 1 atom stereocenters. The normalized spacial score (nSPS) is 21.9. The molecule has 1 unspecified atom stereocenters. The number of carboxylic acid groups (broad SMARTS) is 1. The van der Waals surface area contributed by atoms with E-state index in [0.717, 1.165) is 58.4 Å². The summed E-state index contributed by atoms with van der Waals surface area (Å²) in [4.78, 5) is 15.7. The van der Waals surface area contributed by atoms with Crippen LogP contribution in [0.4, 0.5) is 0 Å². The lowest BCUT2D eigenvalue weighted by Crippen LogP contribution is -2.47. The fourth-order valence-electron chi connectivity index (χ4n) is 4.00. The van der Waals surface area contributed by atoms with E-state index in [-0.39, 0.29) is 12.1 Å². The van der Waals surface area contributed by atoms with Gasteiger partial charge in [-0.25, -0.2) is 0 Å². The van der Waals surface area contributed by atoms with E-state index in [4.69, 9.17) is 33.0 Å². The van der Waals surface area contributed by atoms with Crippen LogP contribution in [0.5, 0.6) is 5.75 Å². The summed E-state index contributed by atoms with van der Waals surface area (Å²) in [7, 11) is 0. The van der Waals surface area contributed by atoms with Crippen LogP contribution in [0.2, 0.25) is 10.0 Å². The maximum Gasteiger partial charge on any atom is 0.320 e. The number of hydrogen-bond acceptors (Lipinski definition) is 4. The number of rotatable bonds is 6. The standard InChI is InChI=1S/C20H28Cl2N2O3/c1-14(20(25)26)24-10-4-15(5-11-24)13-23-8-6-17(7-9-23)27-19-3-2-16(21)12-18(19)22/h2-3,12,14-15,17H,4-11,13H2,1H3,(H,25,26). The number of ether oxygens (including phenoxy) is 1. The number of carbonyl (C=O) groups is 1. The van der Waals surface area contributed by atoms with E-state index >= 15 is 0 Å². The number of piperidine rings is 2. The quantitative estimate of drug-likeness (QED) is 0.761. The van der Waals surface area contributed by atoms with E-state index in [2.05, 4.69) is 9.80 Å². The van der Waals surface area contributed by atoms with Crippen LogP contribution in [0.3, 0.4) is 0 Å². The van der Waals surface area contributed by atoms with Crippen molar-refractivity contribution in [3.05, 3.63) is 28.2 Å². The third-order valence-corrected chi connectivity index (χ3v) is 6.32.